The van der Waals surface area contributed by atoms with Gasteiger partial charge >= 0.3 is 11.9 Å². The van der Waals surface area contributed by atoms with E-state index in [0.29, 0.717) is 0 Å². The van der Waals surface area contributed by atoms with Crippen LogP contribution in [-0.2, 0) is 19.1 Å². The van der Waals surface area contributed by atoms with Crippen molar-refractivity contribution in [2.75, 3.05) is 0 Å². The third-order valence-corrected chi connectivity index (χ3v) is 4.30. The second kappa shape index (κ2) is 8.50. The van der Waals surface area contributed by atoms with Gasteiger partial charge in [-0.05, 0) is 58.2 Å². The number of carbonyl (C=O) groups is 2. The van der Waals surface area contributed by atoms with E-state index >= 15 is 0 Å². The SMILES string of the molecule is Cc1cccc(C)c1C(C)C(C)OC(=O)[C@H](C)CC(=O)OC(C)(C)C. The highest BCUT2D eigenvalue weighted by Gasteiger charge is 2.27. The summed E-state index contributed by atoms with van der Waals surface area (Å²) in [5, 5.41) is 0. The fourth-order valence-electron chi connectivity index (χ4n) is 2.90. The van der Waals surface area contributed by atoms with E-state index in [0.717, 1.165) is 0 Å². The lowest BCUT2D eigenvalue weighted by Crippen LogP contribution is -2.29. The van der Waals surface area contributed by atoms with Gasteiger partial charge in [-0.25, -0.2) is 0 Å². The zero-order valence-corrected chi connectivity index (χ0v) is 16.8. The zero-order chi connectivity index (χ0) is 19.4. The molecule has 0 fully saturated rings. The van der Waals surface area contributed by atoms with Crippen molar-refractivity contribution in [3.05, 3.63) is 34.9 Å². The highest BCUT2D eigenvalue weighted by Crippen LogP contribution is 2.28. The zero-order valence-electron chi connectivity index (χ0n) is 16.8. The summed E-state index contributed by atoms with van der Waals surface area (Å²) in [5.74, 6) is -1.19. The molecule has 1 aromatic carbocycles. The van der Waals surface area contributed by atoms with Gasteiger partial charge in [-0.2, -0.15) is 0 Å². The van der Waals surface area contributed by atoms with E-state index in [4.69, 9.17) is 9.47 Å². The average molecular weight is 348 g/mol. The minimum atomic E-state index is -0.551. The van der Waals surface area contributed by atoms with Crippen LogP contribution in [0.1, 0.15) is 70.6 Å². The molecular formula is C21H32O4. The van der Waals surface area contributed by atoms with Gasteiger partial charge in [-0.15, -0.1) is 0 Å². The van der Waals surface area contributed by atoms with Crippen LogP contribution in [0.5, 0.6) is 0 Å². The summed E-state index contributed by atoms with van der Waals surface area (Å²) in [5.41, 5.74) is 3.04. The Morgan fingerprint density at radius 3 is 2.04 bits per heavy atom. The standard InChI is InChI=1S/C21H32O4/c1-13-10-9-11-14(2)19(13)16(4)17(5)24-20(23)15(3)12-18(22)25-21(6,7)8/h9-11,15-17H,12H2,1-8H3/t15-,16?,17?/m1/s1. The van der Waals surface area contributed by atoms with E-state index in [1.165, 1.54) is 16.7 Å². The van der Waals surface area contributed by atoms with Crippen LogP contribution in [0.15, 0.2) is 18.2 Å². The summed E-state index contributed by atoms with van der Waals surface area (Å²) >= 11 is 0. The Balaban J connectivity index is 2.68. The van der Waals surface area contributed by atoms with Crippen LogP contribution < -0.4 is 0 Å². The first-order chi connectivity index (χ1) is 11.4. The molecule has 0 radical (unpaired) electrons. The molecule has 0 saturated carbocycles. The van der Waals surface area contributed by atoms with Crippen molar-refractivity contribution in [3.63, 3.8) is 0 Å². The number of benzene rings is 1. The van der Waals surface area contributed by atoms with Crippen LogP contribution >= 0.6 is 0 Å². The van der Waals surface area contributed by atoms with Crippen molar-refractivity contribution in [3.8, 4) is 0 Å². The molecule has 0 heterocycles. The first-order valence-corrected chi connectivity index (χ1v) is 8.90. The third kappa shape index (κ3) is 6.52. The Morgan fingerprint density at radius 1 is 1.04 bits per heavy atom. The van der Waals surface area contributed by atoms with Gasteiger partial charge in [0.15, 0.2) is 0 Å². The predicted octanol–water partition coefficient (Wildman–Crippen LogP) is 4.71. The van der Waals surface area contributed by atoms with E-state index in [-0.39, 0.29) is 30.4 Å². The molecule has 0 aliphatic heterocycles. The second-order valence-electron chi connectivity index (χ2n) is 7.93. The van der Waals surface area contributed by atoms with Gasteiger partial charge in [-0.1, -0.05) is 32.0 Å². The van der Waals surface area contributed by atoms with E-state index in [1.54, 1.807) is 6.92 Å². The van der Waals surface area contributed by atoms with E-state index < -0.39 is 11.5 Å². The summed E-state index contributed by atoms with van der Waals surface area (Å²) in [6.07, 6.45) is -0.242. The number of rotatable bonds is 6. The highest BCUT2D eigenvalue weighted by molar-refractivity contribution is 5.80. The van der Waals surface area contributed by atoms with Gasteiger partial charge in [0.25, 0.3) is 0 Å². The molecule has 3 atom stereocenters. The summed E-state index contributed by atoms with van der Waals surface area (Å²) in [4.78, 5) is 24.2. The summed E-state index contributed by atoms with van der Waals surface area (Å²) in [7, 11) is 0. The van der Waals surface area contributed by atoms with E-state index in [1.807, 2.05) is 33.8 Å². The summed E-state index contributed by atoms with van der Waals surface area (Å²) in [6.45, 7) is 15.2. The van der Waals surface area contributed by atoms with Gasteiger partial charge in [0, 0.05) is 5.92 Å². The Bertz CT molecular complexity index is 593. The lowest BCUT2D eigenvalue weighted by atomic mass is 9.89. The molecule has 1 aromatic rings. The molecule has 140 valence electrons. The Labute approximate surface area is 151 Å². The fourth-order valence-corrected chi connectivity index (χ4v) is 2.90. The highest BCUT2D eigenvalue weighted by atomic mass is 16.6. The van der Waals surface area contributed by atoms with Gasteiger partial charge in [-0.3, -0.25) is 9.59 Å². The normalized spacial score (nSPS) is 15.2. The van der Waals surface area contributed by atoms with Gasteiger partial charge in [0.2, 0.25) is 0 Å². The molecule has 2 unspecified atom stereocenters. The Kier molecular flexibility index (Phi) is 7.21. The van der Waals surface area contributed by atoms with Crippen LogP contribution in [0.3, 0.4) is 0 Å². The maximum Gasteiger partial charge on any atom is 0.309 e. The fraction of sp³-hybridized carbons (Fsp3) is 0.619. The largest absolute Gasteiger partial charge is 0.462 e. The third-order valence-electron chi connectivity index (χ3n) is 4.30. The first kappa shape index (κ1) is 21.2. The predicted molar refractivity (Wildman–Crippen MR) is 99.5 cm³/mol. The average Bonchev–Trinajstić information content (AvgIpc) is 2.44. The maximum absolute atomic E-state index is 12.3. The quantitative estimate of drug-likeness (QED) is 0.699. The van der Waals surface area contributed by atoms with Crippen LogP contribution in [0.25, 0.3) is 0 Å². The number of esters is 2. The van der Waals surface area contributed by atoms with Crippen LogP contribution in [0.4, 0.5) is 0 Å². The number of hydrogen-bond acceptors (Lipinski definition) is 4. The number of carbonyl (C=O) groups excluding carboxylic acids is 2. The molecule has 0 bridgehead atoms. The molecule has 0 amide bonds. The molecule has 1 rings (SSSR count). The lowest BCUT2D eigenvalue weighted by Gasteiger charge is -2.25. The van der Waals surface area contributed by atoms with Gasteiger partial charge in [0.05, 0.1) is 12.3 Å². The van der Waals surface area contributed by atoms with Crippen molar-refractivity contribution >= 4 is 11.9 Å². The van der Waals surface area contributed by atoms with E-state index in [2.05, 4.69) is 32.9 Å². The van der Waals surface area contributed by atoms with Crippen molar-refractivity contribution < 1.29 is 19.1 Å². The molecule has 0 spiro atoms. The molecule has 0 saturated heterocycles. The summed E-state index contributed by atoms with van der Waals surface area (Å²) in [6, 6.07) is 6.16. The second-order valence-corrected chi connectivity index (χ2v) is 7.93. The van der Waals surface area contributed by atoms with Gasteiger partial charge in [0.1, 0.15) is 11.7 Å². The van der Waals surface area contributed by atoms with E-state index in [9.17, 15) is 9.59 Å². The minimum absolute atomic E-state index is 0.0284. The van der Waals surface area contributed by atoms with Crippen LogP contribution in [-0.4, -0.2) is 23.6 Å². The first-order valence-electron chi connectivity index (χ1n) is 8.90. The Hall–Kier alpha value is -1.84. The van der Waals surface area contributed by atoms with Crippen LogP contribution in [0.2, 0.25) is 0 Å². The number of hydrogen-bond donors (Lipinski definition) is 0. The summed E-state index contributed by atoms with van der Waals surface area (Å²) < 4.78 is 10.9. The lowest BCUT2D eigenvalue weighted by molar-refractivity contribution is -0.163. The van der Waals surface area contributed by atoms with Gasteiger partial charge < -0.3 is 9.47 Å². The monoisotopic (exact) mass is 348 g/mol. The number of aryl methyl sites for hydroxylation is 2. The smallest absolute Gasteiger partial charge is 0.309 e. The van der Waals surface area contributed by atoms with Crippen LogP contribution in [0, 0.1) is 19.8 Å². The van der Waals surface area contributed by atoms with Crippen molar-refractivity contribution in [1.82, 2.24) is 0 Å². The topological polar surface area (TPSA) is 52.6 Å². The molecule has 0 aliphatic rings. The van der Waals surface area contributed by atoms with Crippen molar-refractivity contribution in [2.45, 2.75) is 79.4 Å². The molecule has 0 aliphatic carbocycles. The molecule has 0 N–H and O–H groups in total. The Morgan fingerprint density at radius 2 is 1.56 bits per heavy atom. The van der Waals surface area contributed by atoms with Crippen molar-refractivity contribution in [1.29, 1.82) is 0 Å². The van der Waals surface area contributed by atoms with Crippen molar-refractivity contribution in [2.24, 2.45) is 5.92 Å². The maximum atomic E-state index is 12.3. The number of ether oxygens (including phenoxy) is 2. The molecule has 4 heteroatoms. The molecular weight excluding hydrogens is 316 g/mol. The molecule has 4 nitrogen and oxygen atoms in total. The molecule has 0 aromatic heterocycles. The molecule has 25 heavy (non-hydrogen) atoms. The minimum Gasteiger partial charge on any atom is -0.462 e.